The third kappa shape index (κ3) is 4.44. The molecule has 6 nitrogen and oxygen atoms in total. The number of aromatic nitrogens is 1. The molecular weight excluding hydrogens is 406 g/mol. The molecule has 1 fully saturated rings. The van der Waals surface area contributed by atoms with E-state index in [0.717, 1.165) is 36.4 Å². The number of benzene rings is 1. The van der Waals surface area contributed by atoms with E-state index < -0.39 is 0 Å². The number of thiophene rings is 1. The van der Waals surface area contributed by atoms with Crippen molar-refractivity contribution < 1.29 is 14.3 Å². The Hall–Kier alpha value is -2.42. The summed E-state index contributed by atoms with van der Waals surface area (Å²) in [6.07, 6.45) is 2.22. The van der Waals surface area contributed by atoms with Crippen LogP contribution in [-0.2, 0) is 4.79 Å². The van der Waals surface area contributed by atoms with E-state index in [4.69, 9.17) is 9.47 Å². The third-order valence-corrected chi connectivity index (χ3v) is 6.75. The molecule has 1 saturated heterocycles. The Morgan fingerprint density at radius 1 is 1.28 bits per heavy atom. The van der Waals surface area contributed by atoms with Gasteiger partial charge in [-0.25, -0.2) is 4.98 Å². The van der Waals surface area contributed by atoms with Crippen LogP contribution >= 0.6 is 22.7 Å². The monoisotopic (exact) mass is 429 g/mol. The molecule has 0 saturated carbocycles. The molecule has 1 amide bonds. The minimum atomic E-state index is -0.0314. The van der Waals surface area contributed by atoms with Crippen molar-refractivity contribution in [1.82, 2.24) is 9.88 Å². The third-order valence-electron chi connectivity index (χ3n) is 5.02. The number of nitrogens with zero attached hydrogens (tertiary/aromatic N) is 2. The van der Waals surface area contributed by atoms with E-state index in [0.29, 0.717) is 23.5 Å². The fourth-order valence-corrected chi connectivity index (χ4v) is 5.25. The van der Waals surface area contributed by atoms with E-state index in [-0.39, 0.29) is 5.91 Å². The van der Waals surface area contributed by atoms with Crippen molar-refractivity contribution in [2.45, 2.75) is 18.9 Å². The van der Waals surface area contributed by atoms with Crippen LogP contribution in [-0.4, -0.2) is 43.1 Å². The van der Waals surface area contributed by atoms with E-state index in [1.54, 1.807) is 25.6 Å². The predicted molar refractivity (Wildman–Crippen MR) is 117 cm³/mol. The molecule has 29 heavy (non-hydrogen) atoms. The number of ether oxygens (including phenoxy) is 2. The smallest absolute Gasteiger partial charge is 0.240 e. The Kier molecular flexibility index (Phi) is 6.13. The van der Waals surface area contributed by atoms with E-state index in [1.165, 1.54) is 16.2 Å². The Balaban J connectivity index is 1.42. The van der Waals surface area contributed by atoms with Gasteiger partial charge < -0.3 is 14.8 Å². The molecule has 4 rings (SSSR count). The summed E-state index contributed by atoms with van der Waals surface area (Å²) in [5, 5.41) is 7.56. The summed E-state index contributed by atoms with van der Waals surface area (Å²) in [7, 11) is 3.24. The Bertz CT molecular complexity index is 971. The number of carbonyl (C=O) groups is 1. The number of anilines is 1. The van der Waals surface area contributed by atoms with E-state index in [2.05, 4.69) is 32.7 Å². The van der Waals surface area contributed by atoms with Gasteiger partial charge in [0, 0.05) is 27.9 Å². The normalized spacial score (nSPS) is 16.7. The van der Waals surface area contributed by atoms with Gasteiger partial charge in [-0.05, 0) is 43.0 Å². The zero-order chi connectivity index (χ0) is 20.2. The summed E-state index contributed by atoms with van der Waals surface area (Å²) in [4.78, 5) is 20.8. The molecule has 0 spiro atoms. The number of nitrogens with one attached hydrogen (secondary N) is 1. The number of amides is 1. The van der Waals surface area contributed by atoms with Gasteiger partial charge in [0.1, 0.15) is 11.5 Å². The van der Waals surface area contributed by atoms with Gasteiger partial charge in [-0.15, -0.1) is 22.7 Å². The van der Waals surface area contributed by atoms with E-state index in [9.17, 15) is 4.79 Å². The second-order valence-electron chi connectivity index (χ2n) is 6.80. The summed E-state index contributed by atoms with van der Waals surface area (Å²) in [6, 6.07) is 10.2. The molecule has 3 aromatic rings. The molecule has 3 heterocycles. The number of hydrogen-bond acceptors (Lipinski definition) is 7. The van der Waals surface area contributed by atoms with Crippen molar-refractivity contribution in [2.24, 2.45) is 0 Å². The van der Waals surface area contributed by atoms with Gasteiger partial charge in [0.05, 0.1) is 26.5 Å². The molecule has 152 valence electrons. The molecule has 0 bridgehead atoms. The number of likely N-dealkylation sites (tertiary alicyclic amines) is 1. The van der Waals surface area contributed by atoms with Crippen molar-refractivity contribution in [3.63, 3.8) is 0 Å². The van der Waals surface area contributed by atoms with Crippen LogP contribution in [0.15, 0.2) is 41.1 Å². The molecule has 1 N–H and O–H groups in total. The molecule has 0 radical (unpaired) electrons. The highest BCUT2D eigenvalue weighted by molar-refractivity contribution is 7.14. The van der Waals surface area contributed by atoms with Crippen LogP contribution in [0.1, 0.15) is 23.8 Å². The van der Waals surface area contributed by atoms with E-state index >= 15 is 0 Å². The van der Waals surface area contributed by atoms with Crippen molar-refractivity contribution in [1.29, 1.82) is 0 Å². The summed E-state index contributed by atoms with van der Waals surface area (Å²) in [5.74, 6) is 1.37. The summed E-state index contributed by atoms with van der Waals surface area (Å²) >= 11 is 3.17. The van der Waals surface area contributed by atoms with Gasteiger partial charge in [-0.1, -0.05) is 6.07 Å². The lowest BCUT2D eigenvalue weighted by molar-refractivity contribution is -0.117. The zero-order valence-corrected chi connectivity index (χ0v) is 18.0. The average molecular weight is 430 g/mol. The molecule has 1 unspecified atom stereocenters. The van der Waals surface area contributed by atoms with Crippen molar-refractivity contribution in [2.75, 3.05) is 32.6 Å². The van der Waals surface area contributed by atoms with Crippen molar-refractivity contribution in [3.8, 4) is 22.8 Å². The first-order chi connectivity index (χ1) is 14.2. The fraction of sp³-hybridized carbons (Fsp3) is 0.333. The summed E-state index contributed by atoms with van der Waals surface area (Å²) in [6.45, 7) is 1.32. The van der Waals surface area contributed by atoms with Gasteiger partial charge in [0.25, 0.3) is 0 Å². The fourth-order valence-electron chi connectivity index (χ4n) is 3.63. The highest BCUT2D eigenvalue weighted by atomic mass is 32.1. The van der Waals surface area contributed by atoms with Crippen LogP contribution in [0.25, 0.3) is 11.3 Å². The van der Waals surface area contributed by atoms with Crippen LogP contribution in [0.4, 0.5) is 5.13 Å². The van der Waals surface area contributed by atoms with Crippen LogP contribution in [0.2, 0.25) is 0 Å². The second kappa shape index (κ2) is 8.94. The zero-order valence-electron chi connectivity index (χ0n) is 16.4. The highest BCUT2D eigenvalue weighted by Gasteiger charge is 2.28. The molecule has 8 heteroatoms. The van der Waals surface area contributed by atoms with Gasteiger partial charge in [0.2, 0.25) is 5.91 Å². The molecule has 1 atom stereocenters. The lowest BCUT2D eigenvalue weighted by Gasteiger charge is -2.22. The minimum absolute atomic E-state index is 0.0314. The van der Waals surface area contributed by atoms with Crippen molar-refractivity contribution >= 4 is 33.7 Å². The molecular formula is C21H23N3O3S2. The molecule has 2 aromatic heterocycles. The van der Waals surface area contributed by atoms with Crippen LogP contribution < -0.4 is 14.8 Å². The molecule has 1 aromatic carbocycles. The maximum Gasteiger partial charge on any atom is 0.240 e. The summed E-state index contributed by atoms with van der Waals surface area (Å²) in [5.41, 5.74) is 1.63. The second-order valence-corrected chi connectivity index (χ2v) is 8.63. The Morgan fingerprint density at radius 2 is 2.17 bits per heavy atom. The first-order valence-electron chi connectivity index (χ1n) is 9.43. The minimum Gasteiger partial charge on any atom is -0.497 e. The topological polar surface area (TPSA) is 63.7 Å². The van der Waals surface area contributed by atoms with Gasteiger partial charge in [-0.3, -0.25) is 9.69 Å². The maximum absolute atomic E-state index is 12.6. The maximum atomic E-state index is 12.6. The largest absolute Gasteiger partial charge is 0.497 e. The summed E-state index contributed by atoms with van der Waals surface area (Å²) < 4.78 is 10.7. The van der Waals surface area contributed by atoms with Crippen LogP contribution in [0.3, 0.4) is 0 Å². The number of thiazole rings is 1. The first kappa shape index (κ1) is 19.9. The standard InChI is InChI=1S/C21H23N3O3S2/c1-26-14-7-8-15(18(11-14)27-2)16-13-29-21(22-16)23-20(25)12-24-9-3-5-17(24)19-6-4-10-28-19/h4,6-8,10-11,13,17H,3,5,9,12H2,1-2H3,(H,22,23,25). The SMILES string of the molecule is COc1ccc(-c2csc(NC(=O)CN3CCCC3c3cccs3)n2)c(OC)c1. The molecule has 0 aliphatic carbocycles. The molecule has 1 aliphatic heterocycles. The lowest BCUT2D eigenvalue weighted by Crippen LogP contribution is -2.32. The number of hydrogen-bond donors (Lipinski definition) is 1. The van der Waals surface area contributed by atoms with Crippen LogP contribution in [0, 0.1) is 0 Å². The van der Waals surface area contributed by atoms with Crippen molar-refractivity contribution in [3.05, 3.63) is 46.0 Å². The number of rotatable bonds is 7. The van der Waals surface area contributed by atoms with Gasteiger partial charge in [0.15, 0.2) is 5.13 Å². The lowest BCUT2D eigenvalue weighted by atomic mass is 10.1. The van der Waals surface area contributed by atoms with E-state index in [1.807, 2.05) is 23.6 Å². The predicted octanol–water partition coefficient (Wildman–Crippen LogP) is 4.66. The number of methoxy groups -OCH3 is 2. The quantitative estimate of drug-likeness (QED) is 0.592. The average Bonchev–Trinajstić information content (AvgIpc) is 3.49. The van der Waals surface area contributed by atoms with Gasteiger partial charge in [-0.2, -0.15) is 0 Å². The van der Waals surface area contributed by atoms with Gasteiger partial charge >= 0.3 is 0 Å². The number of carbonyl (C=O) groups excluding carboxylic acids is 1. The first-order valence-corrected chi connectivity index (χ1v) is 11.2. The highest BCUT2D eigenvalue weighted by Crippen LogP contribution is 2.36. The Morgan fingerprint density at radius 3 is 2.93 bits per heavy atom. The Labute approximate surface area is 178 Å². The molecule has 1 aliphatic rings. The van der Waals surface area contributed by atoms with Crippen LogP contribution in [0.5, 0.6) is 11.5 Å².